The number of hydrogen-bond donors (Lipinski definition) is 1. The van der Waals surface area contributed by atoms with Gasteiger partial charge in [-0.15, -0.1) is 0 Å². The van der Waals surface area contributed by atoms with E-state index in [0.717, 1.165) is 17.4 Å². The molecule has 0 aromatic heterocycles. The van der Waals surface area contributed by atoms with Crippen molar-refractivity contribution in [1.82, 2.24) is 0 Å². The standard InChI is InChI=1S/C12H7BrFN3O2S2/c13-8-5-4-7(6-9(8)14)21(18,19)17-11-3-1-2-10-12(11)16-20-15-10/h1-6,17H. The first-order chi connectivity index (χ1) is 9.97. The van der Waals surface area contributed by atoms with E-state index in [1.807, 2.05) is 0 Å². The first-order valence-electron chi connectivity index (χ1n) is 5.66. The second-order valence-corrected chi connectivity index (χ2v) is 7.18. The molecule has 21 heavy (non-hydrogen) atoms. The second kappa shape index (κ2) is 5.32. The third kappa shape index (κ3) is 2.76. The summed E-state index contributed by atoms with van der Waals surface area (Å²) < 4.78 is 48.8. The maximum Gasteiger partial charge on any atom is 0.262 e. The number of halogens is 2. The van der Waals surface area contributed by atoms with Crippen LogP contribution in [0.25, 0.3) is 0 Å². The Balaban J connectivity index is 1.99. The Morgan fingerprint density at radius 1 is 1.19 bits per heavy atom. The molecule has 0 fully saturated rings. The lowest BCUT2D eigenvalue weighted by Crippen LogP contribution is -2.13. The van der Waals surface area contributed by atoms with Gasteiger partial charge in [-0.3, -0.25) is 4.72 Å². The van der Waals surface area contributed by atoms with Gasteiger partial charge in [0.1, 0.15) is 17.2 Å². The molecule has 3 rings (SSSR count). The minimum Gasteiger partial charge on any atom is -0.277 e. The summed E-state index contributed by atoms with van der Waals surface area (Å²) in [5.74, 6) is -0.647. The van der Waals surface area contributed by atoms with Gasteiger partial charge in [-0.25, -0.2) is 12.8 Å². The van der Waals surface area contributed by atoms with Gasteiger partial charge in [0.15, 0.2) is 0 Å². The number of fused-ring (bicyclic) bond motifs is 1. The highest BCUT2D eigenvalue weighted by molar-refractivity contribution is 9.10. The molecule has 0 saturated carbocycles. The Morgan fingerprint density at radius 2 is 2.00 bits per heavy atom. The summed E-state index contributed by atoms with van der Waals surface area (Å²) in [7, 11) is -3.90. The normalized spacial score (nSPS) is 12.9. The van der Waals surface area contributed by atoms with Crippen LogP contribution in [0.1, 0.15) is 0 Å². The van der Waals surface area contributed by atoms with Crippen molar-refractivity contribution in [2.75, 3.05) is 4.72 Å². The molecule has 0 spiro atoms. The molecule has 0 atom stereocenters. The van der Waals surface area contributed by atoms with Gasteiger partial charge in [0.2, 0.25) is 0 Å². The van der Waals surface area contributed by atoms with Crippen LogP contribution < -0.4 is 4.72 Å². The van der Waals surface area contributed by atoms with Crippen LogP contribution in [-0.2, 0) is 21.4 Å². The average Bonchev–Trinajstić information content (AvgIpc) is 2.91. The van der Waals surface area contributed by atoms with Crippen molar-refractivity contribution in [1.29, 1.82) is 0 Å². The van der Waals surface area contributed by atoms with Crippen LogP contribution in [0.2, 0.25) is 0 Å². The van der Waals surface area contributed by atoms with Gasteiger partial charge in [0.25, 0.3) is 10.0 Å². The van der Waals surface area contributed by atoms with Gasteiger partial charge in [-0.2, -0.15) is 8.73 Å². The summed E-state index contributed by atoms with van der Waals surface area (Å²) in [6, 6.07) is 8.59. The van der Waals surface area contributed by atoms with Crippen LogP contribution in [0.3, 0.4) is 0 Å². The molecule has 2 aromatic carbocycles. The molecule has 1 N–H and O–H groups in total. The molecule has 0 bridgehead atoms. The van der Waals surface area contributed by atoms with E-state index < -0.39 is 15.8 Å². The molecular formula is C12H7BrFN3O2S2. The Kier molecular flexibility index (Phi) is 3.64. The minimum absolute atomic E-state index is 0.164. The first kappa shape index (κ1) is 14.4. The summed E-state index contributed by atoms with van der Waals surface area (Å²) in [5.41, 5.74) is 1.37. The molecular weight excluding hydrogens is 381 g/mol. The van der Waals surface area contributed by atoms with E-state index in [1.165, 1.54) is 12.1 Å². The molecule has 0 radical (unpaired) electrons. The van der Waals surface area contributed by atoms with Gasteiger partial charge in [0, 0.05) is 0 Å². The summed E-state index contributed by atoms with van der Waals surface area (Å²) in [5, 5.41) is 0. The van der Waals surface area contributed by atoms with Crippen molar-refractivity contribution in [3.8, 4) is 0 Å². The van der Waals surface area contributed by atoms with E-state index in [4.69, 9.17) is 0 Å². The lowest BCUT2D eigenvalue weighted by molar-refractivity contribution is 0.593. The van der Waals surface area contributed by atoms with E-state index in [0.29, 0.717) is 17.1 Å². The second-order valence-electron chi connectivity index (χ2n) is 4.12. The maximum atomic E-state index is 13.5. The largest absolute Gasteiger partial charge is 0.277 e. The average molecular weight is 388 g/mol. The zero-order valence-corrected chi connectivity index (χ0v) is 13.5. The Hall–Kier alpha value is -1.58. The molecule has 0 amide bonds. The Bertz CT molecular complexity index is 909. The highest BCUT2D eigenvalue weighted by Crippen LogP contribution is 2.39. The zero-order chi connectivity index (χ0) is 15.0. The van der Waals surface area contributed by atoms with Crippen molar-refractivity contribution in [2.24, 2.45) is 8.73 Å². The van der Waals surface area contributed by atoms with Crippen LogP contribution in [0.4, 0.5) is 21.5 Å². The van der Waals surface area contributed by atoms with E-state index in [9.17, 15) is 12.8 Å². The van der Waals surface area contributed by atoms with E-state index >= 15 is 0 Å². The quantitative estimate of drug-likeness (QED) is 0.734. The molecule has 9 heteroatoms. The molecule has 108 valence electrons. The van der Waals surface area contributed by atoms with Crippen LogP contribution >= 0.6 is 15.9 Å². The molecule has 2 aromatic rings. The molecule has 0 saturated heterocycles. The third-order valence-corrected chi connectivity index (χ3v) is 5.28. The zero-order valence-electron chi connectivity index (χ0n) is 10.2. The summed E-state index contributed by atoms with van der Waals surface area (Å²) in [6.07, 6.45) is 0. The predicted octanol–water partition coefficient (Wildman–Crippen LogP) is 4.12. The van der Waals surface area contributed by atoms with E-state index in [1.54, 1.807) is 18.2 Å². The van der Waals surface area contributed by atoms with Gasteiger partial charge < -0.3 is 0 Å². The van der Waals surface area contributed by atoms with Gasteiger partial charge >= 0.3 is 0 Å². The summed E-state index contributed by atoms with van der Waals surface area (Å²) in [6.45, 7) is 0. The van der Waals surface area contributed by atoms with Crippen LogP contribution in [0.15, 0.2) is 54.5 Å². The number of hydrogen-bond acceptors (Lipinski definition) is 4. The number of rotatable bonds is 3. The Labute approximate surface area is 132 Å². The van der Waals surface area contributed by atoms with Crippen LogP contribution in [0, 0.1) is 5.82 Å². The molecule has 5 nitrogen and oxygen atoms in total. The number of anilines is 1. The highest BCUT2D eigenvalue weighted by atomic mass is 79.9. The smallest absolute Gasteiger partial charge is 0.262 e. The lowest BCUT2D eigenvalue weighted by Gasteiger charge is -2.10. The number of sulfonamides is 1. The first-order valence-corrected chi connectivity index (χ1v) is 8.67. The SMILES string of the molecule is O=S(=O)(Nc1cccc2c1N=S=N2)c1ccc(Br)c(F)c1. The lowest BCUT2D eigenvalue weighted by atomic mass is 10.2. The molecule has 1 aliphatic rings. The fourth-order valence-corrected chi connectivity index (χ4v) is 3.61. The van der Waals surface area contributed by atoms with Crippen molar-refractivity contribution in [3.05, 3.63) is 46.7 Å². The van der Waals surface area contributed by atoms with Crippen molar-refractivity contribution in [2.45, 2.75) is 4.90 Å². The third-order valence-electron chi connectivity index (χ3n) is 2.73. The monoisotopic (exact) mass is 387 g/mol. The summed E-state index contributed by atoms with van der Waals surface area (Å²) in [4.78, 5) is -0.164. The van der Waals surface area contributed by atoms with Gasteiger partial charge in [0.05, 0.1) is 26.4 Å². The van der Waals surface area contributed by atoms with Gasteiger partial charge in [-0.1, -0.05) is 6.07 Å². The van der Waals surface area contributed by atoms with E-state index in [2.05, 4.69) is 29.4 Å². The van der Waals surface area contributed by atoms with E-state index in [-0.39, 0.29) is 9.37 Å². The topological polar surface area (TPSA) is 70.9 Å². The van der Waals surface area contributed by atoms with Crippen LogP contribution in [0.5, 0.6) is 0 Å². The van der Waals surface area contributed by atoms with Crippen molar-refractivity contribution >= 4 is 54.4 Å². The molecule has 1 heterocycles. The van der Waals surface area contributed by atoms with Gasteiger partial charge in [-0.05, 0) is 46.3 Å². The fourth-order valence-electron chi connectivity index (χ4n) is 1.74. The van der Waals surface area contributed by atoms with Crippen molar-refractivity contribution < 1.29 is 12.8 Å². The number of nitrogens with zero attached hydrogens (tertiary/aromatic N) is 2. The molecule has 0 unspecified atom stereocenters. The van der Waals surface area contributed by atoms with Crippen molar-refractivity contribution in [3.63, 3.8) is 0 Å². The minimum atomic E-state index is -3.90. The highest BCUT2D eigenvalue weighted by Gasteiger charge is 2.19. The predicted molar refractivity (Wildman–Crippen MR) is 82.9 cm³/mol. The Morgan fingerprint density at radius 3 is 2.76 bits per heavy atom. The summed E-state index contributed by atoms with van der Waals surface area (Å²) >= 11 is 3.98. The number of benzene rings is 2. The fraction of sp³-hybridized carbons (Fsp3) is 0. The molecule has 1 aliphatic heterocycles. The van der Waals surface area contributed by atoms with Crippen LogP contribution in [-0.4, -0.2) is 8.42 Å². The molecule has 0 aliphatic carbocycles. The number of nitrogens with one attached hydrogen (secondary N) is 1. The maximum absolute atomic E-state index is 13.5.